The Hall–Kier alpha value is -0.333. The summed E-state index contributed by atoms with van der Waals surface area (Å²) in [4.78, 5) is 24.9. The van der Waals surface area contributed by atoms with E-state index < -0.39 is 8.32 Å². The first-order valence-corrected chi connectivity index (χ1v) is 13.2. The molecule has 0 bridgehead atoms. The zero-order valence-corrected chi connectivity index (χ0v) is 18.0. The van der Waals surface area contributed by atoms with E-state index in [0.717, 1.165) is 19.3 Å². The van der Waals surface area contributed by atoms with Crippen molar-refractivity contribution in [2.24, 2.45) is 11.8 Å². The van der Waals surface area contributed by atoms with Crippen LogP contribution < -0.4 is 5.32 Å². The van der Waals surface area contributed by atoms with Crippen LogP contribution in [0.5, 0.6) is 0 Å². The Morgan fingerprint density at radius 2 is 1.88 bits per heavy atom. The number of Topliss-reactive ketones (excluding diaryl/α,β-unsaturated/α-hetero) is 1. The molecule has 0 aromatic heterocycles. The van der Waals surface area contributed by atoms with Crippen LogP contribution in [0.3, 0.4) is 0 Å². The molecule has 1 aliphatic carbocycles. The number of thioether (sulfide) groups is 1. The molecule has 1 saturated heterocycles. The monoisotopic (exact) mass is 371 g/mol. The Morgan fingerprint density at radius 3 is 2.38 bits per heavy atom. The average Bonchev–Trinajstić information content (AvgIpc) is 2.43. The summed E-state index contributed by atoms with van der Waals surface area (Å²) >= 11 is 1.65. The van der Waals surface area contributed by atoms with Crippen LogP contribution in [0.2, 0.25) is 18.1 Å². The van der Waals surface area contributed by atoms with Crippen LogP contribution in [0, 0.1) is 11.8 Å². The summed E-state index contributed by atoms with van der Waals surface area (Å²) in [6, 6.07) is -0.0419. The summed E-state index contributed by atoms with van der Waals surface area (Å²) in [6.07, 6.45) is 4.80. The molecule has 1 amide bonds. The van der Waals surface area contributed by atoms with E-state index in [-0.39, 0.29) is 40.2 Å². The number of rotatable bonds is 5. The van der Waals surface area contributed by atoms with Gasteiger partial charge in [-0.1, -0.05) is 27.2 Å². The van der Waals surface area contributed by atoms with Crippen LogP contribution in [0.15, 0.2) is 0 Å². The van der Waals surface area contributed by atoms with Crippen molar-refractivity contribution in [2.75, 3.05) is 6.26 Å². The van der Waals surface area contributed by atoms with Gasteiger partial charge in [0.25, 0.3) is 0 Å². The highest BCUT2D eigenvalue weighted by molar-refractivity contribution is 7.99. The van der Waals surface area contributed by atoms with Gasteiger partial charge in [-0.15, -0.1) is 0 Å². The van der Waals surface area contributed by atoms with Crippen LogP contribution >= 0.6 is 11.8 Å². The van der Waals surface area contributed by atoms with Gasteiger partial charge in [-0.05, 0) is 44.2 Å². The molecular formula is C18H33NO3SSi. The molecule has 1 N–H and O–H groups in total. The van der Waals surface area contributed by atoms with E-state index in [0.29, 0.717) is 5.78 Å². The first kappa shape index (κ1) is 20.0. The number of hydrogen-bond acceptors (Lipinski definition) is 4. The average molecular weight is 372 g/mol. The van der Waals surface area contributed by atoms with Gasteiger partial charge in [0.1, 0.15) is 0 Å². The number of amides is 1. The predicted molar refractivity (Wildman–Crippen MR) is 103 cm³/mol. The van der Waals surface area contributed by atoms with Crippen LogP contribution in [0.4, 0.5) is 0 Å². The number of hydrogen-bond donors (Lipinski definition) is 1. The lowest BCUT2D eigenvalue weighted by Gasteiger charge is -2.48. The molecule has 0 aromatic rings. The molecule has 0 aromatic carbocycles. The van der Waals surface area contributed by atoms with Crippen molar-refractivity contribution in [3.8, 4) is 0 Å². The lowest BCUT2D eigenvalue weighted by molar-refractivity contribution is -0.145. The molecule has 2 rings (SSSR count). The number of β-lactam (4-membered cyclic amide) rings is 1. The third kappa shape index (κ3) is 3.75. The quantitative estimate of drug-likeness (QED) is 0.592. The molecule has 138 valence electrons. The second kappa shape index (κ2) is 7.12. The fourth-order valence-corrected chi connectivity index (χ4v) is 5.86. The zero-order chi connectivity index (χ0) is 18.3. The molecule has 6 heteroatoms. The standard InChI is InChI=1S/C18H33NO3SSi/c1-11(22-24(6,7)18(2,3)4)14-15(19-17(14)21)12-9-8-10-13(23-5)16(12)20/h11-15H,8-10H2,1-7H3,(H,19,21)/t11-,12+,13+,14-,15-/m1/s1. The molecule has 2 aliphatic rings. The Morgan fingerprint density at radius 1 is 1.25 bits per heavy atom. The van der Waals surface area contributed by atoms with E-state index >= 15 is 0 Å². The molecule has 1 saturated carbocycles. The minimum atomic E-state index is -1.93. The minimum absolute atomic E-state index is 0.0376. The van der Waals surface area contributed by atoms with E-state index in [2.05, 4.69) is 39.2 Å². The summed E-state index contributed by atoms with van der Waals surface area (Å²) in [6.45, 7) is 13.1. The molecule has 0 radical (unpaired) electrons. The maximum absolute atomic E-state index is 12.7. The molecule has 24 heavy (non-hydrogen) atoms. The maximum atomic E-state index is 12.7. The fraction of sp³-hybridized carbons (Fsp3) is 0.889. The van der Waals surface area contributed by atoms with Crippen molar-refractivity contribution in [2.45, 2.75) is 82.5 Å². The van der Waals surface area contributed by atoms with Gasteiger partial charge in [-0.2, -0.15) is 11.8 Å². The van der Waals surface area contributed by atoms with E-state index in [1.807, 2.05) is 13.2 Å². The van der Waals surface area contributed by atoms with Crippen molar-refractivity contribution in [3.63, 3.8) is 0 Å². The zero-order valence-electron chi connectivity index (χ0n) is 16.1. The molecule has 0 unspecified atom stereocenters. The highest BCUT2D eigenvalue weighted by Crippen LogP contribution is 2.41. The largest absolute Gasteiger partial charge is 0.413 e. The Labute approximate surface area is 152 Å². The third-order valence-corrected chi connectivity index (χ3v) is 11.8. The number of nitrogens with one attached hydrogen (secondary N) is 1. The van der Waals surface area contributed by atoms with Crippen molar-refractivity contribution in [1.82, 2.24) is 5.32 Å². The molecule has 1 heterocycles. The third-order valence-electron chi connectivity index (χ3n) is 6.17. The minimum Gasteiger partial charge on any atom is -0.413 e. The van der Waals surface area contributed by atoms with Gasteiger partial charge in [-0.25, -0.2) is 0 Å². The first-order chi connectivity index (χ1) is 11.0. The van der Waals surface area contributed by atoms with Gasteiger partial charge in [-0.3, -0.25) is 9.59 Å². The molecule has 0 spiro atoms. The van der Waals surface area contributed by atoms with Crippen LogP contribution in [-0.2, 0) is 14.0 Å². The van der Waals surface area contributed by atoms with Gasteiger partial charge in [0.05, 0.1) is 23.3 Å². The summed E-state index contributed by atoms with van der Waals surface area (Å²) in [5, 5.41) is 3.22. The lowest BCUT2D eigenvalue weighted by atomic mass is 9.72. The molecular weight excluding hydrogens is 338 g/mol. The molecule has 1 aliphatic heterocycles. The van der Waals surface area contributed by atoms with Gasteiger partial charge in [0.15, 0.2) is 14.1 Å². The molecule has 4 nitrogen and oxygen atoms in total. The second-order valence-corrected chi connectivity index (χ2v) is 14.6. The molecule has 5 atom stereocenters. The van der Waals surface area contributed by atoms with E-state index in [4.69, 9.17) is 4.43 Å². The highest BCUT2D eigenvalue weighted by atomic mass is 32.2. The van der Waals surface area contributed by atoms with Crippen molar-refractivity contribution >= 4 is 31.8 Å². The summed E-state index contributed by atoms with van der Waals surface area (Å²) in [7, 11) is -1.93. The van der Waals surface area contributed by atoms with E-state index in [1.165, 1.54) is 0 Å². The smallest absolute Gasteiger partial charge is 0.228 e. The van der Waals surface area contributed by atoms with Crippen molar-refractivity contribution in [3.05, 3.63) is 0 Å². The van der Waals surface area contributed by atoms with Gasteiger partial charge in [0.2, 0.25) is 5.91 Å². The summed E-state index contributed by atoms with van der Waals surface area (Å²) in [5.41, 5.74) is 0. The summed E-state index contributed by atoms with van der Waals surface area (Å²) in [5.74, 6) is 0.145. The summed E-state index contributed by atoms with van der Waals surface area (Å²) < 4.78 is 6.45. The van der Waals surface area contributed by atoms with Crippen LogP contribution in [-0.4, -0.2) is 43.7 Å². The van der Waals surface area contributed by atoms with Crippen LogP contribution in [0.25, 0.3) is 0 Å². The van der Waals surface area contributed by atoms with E-state index in [1.54, 1.807) is 11.8 Å². The number of carbonyl (C=O) groups excluding carboxylic acids is 2. The van der Waals surface area contributed by atoms with Crippen LogP contribution in [0.1, 0.15) is 47.0 Å². The number of ketones is 1. The van der Waals surface area contributed by atoms with Crippen molar-refractivity contribution in [1.29, 1.82) is 0 Å². The van der Waals surface area contributed by atoms with Gasteiger partial charge < -0.3 is 9.74 Å². The first-order valence-electron chi connectivity index (χ1n) is 9.04. The highest BCUT2D eigenvalue weighted by Gasteiger charge is 2.52. The van der Waals surface area contributed by atoms with Gasteiger partial charge >= 0.3 is 0 Å². The topological polar surface area (TPSA) is 55.4 Å². The second-order valence-electron chi connectivity index (χ2n) is 8.81. The Bertz CT molecular complexity index is 503. The molecule has 2 fully saturated rings. The van der Waals surface area contributed by atoms with E-state index in [9.17, 15) is 9.59 Å². The fourth-order valence-electron chi connectivity index (χ4n) is 3.62. The predicted octanol–water partition coefficient (Wildman–Crippen LogP) is 3.61. The van der Waals surface area contributed by atoms with Gasteiger partial charge in [0, 0.05) is 5.92 Å². The SMILES string of the molecule is CS[C@H]1CCC[C@@H]([C@H]2NC(=O)[C@@H]2[C@@H](C)O[Si](C)(C)C(C)(C)C)C1=O. The number of carbonyl (C=O) groups is 2. The Balaban J connectivity index is 2.09. The Kier molecular flexibility index (Phi) is 5.93. The maximum Gasteiger partial charge on any atom is 0.228 e. The van der Waals surface area contributed by atoms with Crippen molar-refractivity contribution < 1.29 is 14.0 Å². The normalized spacial score (nSPS) is 33.0. The lowest BCUT2D eigenvalue weighted by Crippen LogP contribution is -2.68.